The first-order valence-corrected chi connectivity index (χ1v) is 5.30. The van der Waals surface area contributed by atoms with Gasteiger partial charge < -0.3 is 10.1 Å². The summed E-state index contributed by atoms with van der Waals surface area (Å²) < 4.78 is 17.7. The molecule has 1 unspecified atom stereocenters. The van der Waals surface area contributed by atoms with Gasteiger partial charge in [-0.1, -0.05) is 11.6 Å². The molecule has 0 fully saturated rings. The van der Waals surface area contributed by atoms with Gasteiger partial charge in [0.25, 0.3) is 0 Å². The highest BCUT2D eigenvalue weighted by Gasteiger charge is 2.14. The van der Waals surface area contributed by atoms with Crippen molar-refractivity contribution < 1.29 is 13.9 Å². The number of esters is 1. The van der Waals surface area contributed by atoms with E-state index in [-0.39, 0.29) is 0 Å². The van der Waals surface area contributed by atoms with Crippen molar-refractivity contribution >= 4 is 23.3 Å². The second-order valence-corrected chi connectivity index (χ2v) is 3.65. The quantitative estimate of drug-likeness (QED) is 0.829. The van der Waals surface area contributed by atoms with E-state index in [1.165, 1.54) is 18.2 Å². The highest BCUT2D eigenvalue weighted by molar-refractivity contribution is 6.33. The number of carbonyl (C=O) groups excluding carboxylic acids is 1. The Labute approximate surface area is 98.5 Å². The summed E-state index contributed by atoms with van der Waals surface area (Å²) in [4.78, 5) is 11.3. The maximum absolute atomic E-state index is 12.9. The van der Waals surface area contributed by atoms with Gasteiger partial charge in [-0.3, -0.25) is 0 Å². The maximum atomic E-state index is 12.9. The summed E-state index contributed by atoms with van der Waals surface area (Å²) >= 11 is 5.84. The van der Waals surface area contributed by atoms with E-state index in [2.05, 4.69) is 5.32 Å². The van der Waals surface area contributed by atoms with Gasteiger partial charge in [0.1, 0.15) is 11.9 Å². The van der Waals surface area contributed by atoms with Crippen molar-refractivity contribution in [1.29, 1.82) is 0 Å². The van der Waals surface area contributed by atoms with Crippen LogP contribution in [-0.2, 0) is 9.53 Å². The molecule has 0 aliphatic carbocycles. The van der Waals surface area contributed by atoms with Crippen LogP contribution in [0.5, 0.6) is 0 Å². The summed E-state index contributed by atoms with van der Waals surface area (Å²) in [5, 5.41) is 3.15. The summed E-state index contributed by atoms with van der Waals surface area (Å²) in [7, 11) is 0. The van der Waals surface area contributed by atoms with Crippen molar-refractivity contribution in [2.45, 2.75) is 19.9 Å². The molecule has 3 nitrogen and oxygen atoms in total. The van der Waals surface area contributed by atoms with Gasteiger partial charge in [-0.25, -0.2) is 9.18 Å². The Morgan fingerprint density at radius 3 is 2.94 bits per heavy atom. The second kappa shape index (κ2) is 5.70. The molecular formula is C11H13ClFNO2. The van der Waals surface area contributed by atoms with Crippen molar-refractivity contribution in [3.63, 3.8) is 0 Å². The predicted molar refractivity (Wildman–Crippen MR) is 61.1 cm³/mol. The number of halogens is 2. The summed E-state index contributed by atoms with van der Waals surface area (Å²) in [6, 6.07) is 3.34. The molecule has 0 aliphatic heterocycles. The third-order valence-corrected chi connectivity index (χ3v) is 2.27. The molecule has 1 aromatic carbocycles. The zero-order valence-corrected chi connectivity index (χ0v) is 9.84. The number of anilines is 1. The Morgan fingerprint density at radius 2 is 2.31 bits per heavy atom. The maximum Gasteiger partial charge on any atom is 0.328 e. The summed E-state index contributed by atoms with van der Waals surface area (Å²) in [6.45, 7) is 3.65. The molecule has 0 spiro atoms. The minimum atomic E-state index is -0.570. The molecule has 0 amide bonds. The monoisotopic (exact) mass is 245 g/mol. The molecule has 0 heterocycles. The average Bonchev–Trinajstić information content (AvgIpc) is 2.23. The van der Waals surface area contributed by atoms with Gasteiger partial charge in [-0.05, 0) is 32.0 Å². The molecule has 0 aliphatic rings. The van der Waals surface area contributed by atoms with Gasteiger partial charge >= 0.3 is 5.97 Å². The van der Waals surface area contributed by atoms with Crippen LogP contribution in [0.25, 0.3) is 0 Å². The fraction of sp³-hybridized carbons (Fsp3) is 0.364. The van der Waals surface area contributed by atoms with Crippen molar-refractivity contribution in [3.8, 4) is 0 Å². The lowest BCUT2D eigenvalue weighted by Crippen LogP contribution is -2.28. The Balaban J connectivity index is 2.72. The van der Waals surface area contributed by atoms with Crippen molar-refractivity contribution in [2.75, 3.05) is 11.9 Å². The summed E-state index contributed by atoms with van der Waals surface area (Å²) in [5.41, 5.74) is 0.377. The third kappa shape index (κ3) is 3.38. The van der Waals surface area contributed by atoms with E-state index in [1.807, 2.05) is 0 Å². The molecule has 0 bridgehead atoms. The summed E-state index contributed by atoms with van der Waals surface area (Å²) in [6.07, 6.45) is 0. The van der Waals surface area contributed by atoms with E-state index in [9.17, 15) is 9.18 Å². The van der Waals surface area contributed by atoms with E-state index in [0.29, 0.717) is 17.3 Å². The van der Waals surface area contributed by atoms with Crippen LogP contribution in [0.4, 0.5) is 10.1 Å². The van der Waals surface area contributed by atoms with Crippen LogP contribution < -0.4 is 5.32 Å². The van der Waals surface area contributed by atoms with E-state index in [1.54, 1.807) is 13.8 Å². The smallest absolute Gasteiger partial charge is 0.328 e. The van der Waals surface area contributed by atoms with E-state index in [4.69, 9.17) is 16.3 Å². The predicted octanol–water partition coefficient (Wildman–Crippen LogP) is 2.84. The minimum Gasteiger partial charge on any atom is -0.464 e. The molecule has 0 aromatic heterocycles. The van der Waals surface area contributed by atoms with E-state index >= 15 is 0 Å². The summed E-state index contributed by atoms with van der Waals surface area (Å²) in [5.74, 6) is -0.814. The van der Waals surface area contributed by atoms with Gasteiger partial charge in [-0.2, -0.15) is 0 Å². The minimum absolute atomic E-state index is 0.307. The molecule has 5 heteroatoms. The zero-order valence-electron chi connectivity index (χ0n) is 9.09. The van der Waals surface area contributed by atoms with Crippen molar-refractivity contribution in [1.82, 2.24) is 0 Å². The normalized spacial score (nSPS) is 12.0. The van der Waals surface area contributed by atoms with Gasteiger partial charge in [-0.15, -0.1) is 0 Å². The van der Waals surface area contributed by atoms with Gasteiger partial charge in [0.2, 0.25) is 0 Å². The molecule has 0 saturated heterocycles. The van der Waals surface area contributed by atoms with Crippen LogP contribution in [0.2, 0.25) is 5.02 Å². The molecule has 0 radical (unpaired) electrons. The first-order valence-electron chi connectivity index (χ1n) is 4.92. The average molecular weight is 246 g/mol. The SMILES string of the molecule is CCOC(=O)C(C)Nc1cc(F)ccc1Cl. The lowest BCUT2D eigenvalue weighted by Gasteiger charge is -2.14. The first kappa shape index (κ1) is 12.8. The van der Waals surface area contributed by atoms with Crippen LogP contribution in [0.15, 0.2) is 18.2 Å². The standard InChI is InChI=1S/C11H13ClFNO2/c1-3-16-11(15)7(2)14-10-6-8(13)4-5-9(10)12/h4-7,14H,3H2,1-2H3. The molecule has 1 rings (SSSR count). The molecule has 16 heavy (non-hydrogen) atoms. The molecule has 1 aromatic rings. The highest BCUT2D eigenvalue weighted by Crippen LogP contribution is 2.23. The second-order valence-electron chi connectivity index (χ2n) is 3.24. The third-order valence-electron chi connectivity index (χ3n) is 1.94. The van der Waals surface area contributed by atoms with Crippen LogP contribution in [0, 0.1) is 5.82 Å². The number of ether oxygens (including phenoxy) is 1. The van der Waals surface area contributed by atoms with E-state index < -0.39 is 17.8 Å². The lowest BCUT2D eigenvalue weighted by atomic mass is 10.2. The van der Waals surface area contributed by atoms with E-state index in [0.717, 1.165) is 0 Å². The van der Waals surface area contributed by atoms with Crippen molar-refractivity contribution in [3.05, 3.63) is 29.0 Å². The Bertz CT molecular complexity index is 384. The molecule has 1 N–H and O–H groups in total. The van der Waals surface area contributed by atoms with Crippen LogP contribution in [0.1, 0.15) is 13.8 Å². The van der Waals surface area contributed by atoms with Crippen LogP contribution in [-0.4, -0.2) is 18.6 Å². The topological polar surface area (TPSA) is 38.3 Å². The first-order chi connectivity index (χ1) is 7.54. The van der Waals surface area contributed by atoms with Crippen molar-refractivity contribution in [2.24, 2.45) is 0 Å². The van der Waals surface area contributed by atoms with Gasteiger partial charge in [0, 0.05) is 0 Å². The lowest BCUT2D eigenvalue weighted by molar-refractivity contribution is -0.143. The van der Waals surface area contributed by atoms with Crippen LogP contribution >= 0.6 is 11.6 Å². The number of hydrogen-bond donors (Lipinski definition) is 1. The molecule has 1 atom stereocenters. The van der Waals surface area contributed by atoms with Gasteiger partial charge in [0.15, 0.2) is 0 Å². The number of rotatable bonds is 4. The number of nitrogens with one attached hydrogen (secondary N) is 1. The fourth-order valence-electron chi connectivity index (χ4n) is 1.17. The largest absolute Gasteiger partial charge is 0.464 e. The number of benzene rings is 1. The Morgan fingerprint density at radius 1 is 1.62 bits per heavy atom. The zero-order chi connectivity index (χ0) is 12.1. The molecule has 88 valence electrons. The molecule has 0 saturated carbocycles. The van der Waals surface area contributed by atoms with Gasteiger partial charge in [0.05, 0.1) is 17.3 Å². The number of carbonyl (C=O) groups is 1. The number of hydrogen-bond acceptors (Lipinski definition) is 3. The highest BCUT2D eigenvalue weighted by atomic mass is 35.5. The fourth-order valence-corrected chi connectivity index (χ4v) is 1.34. The molecular weight excluding hydrogens is 233 g/mol. The Hall–Kier alpha value is -1.29. The Kier molecular flexibility index (Phi) is 4.55. The van der Waals surface area contributed by atoms with Crippen LogP contribution in [0.3, 0.4) is 0 Å².